The standard InChI is InChI=1S/C31H31ClF2N2O6S2/c32-27-2-1-3-28(34)25(27)20-42-23-7-10-26-21(18-23)4-11-29-31(26,44(40,41)24-8-5-22(33)6-9-24)12-13-36(29)30(37)19-35-14-16-43(38,39)17-15-35/h1-3,5-10,18,29H,4,11-17,19-20H2/t29-,31-/m1/s1. The van der Waals surface area contributed by atoms with Gasteiger partial charge in [0.05, 0.1) is 34.0 Å². The number of likely N-dealkylation sites (tertiary alicyclic amines) is 1. The van der Waals surface area contributed by atoms with E-state index in [9.17, 15) is 30.4 Å². The highest BCUT2D eigenvalue weighted by Crippen LogP contribution is 2.53. The summed E-state index contributed by atoms with van der Waals surface area (Å²) < 4.78 is 85.3. The number of carbonyl (C=O) groups excluding carboxylic acids is 1. The second kappa shape index (κ2) is 11.7. The van der Waals surface area contributed by atoms with Gasteiger partial charge in [-0.2, -0.15) is 0 Å². The van der Waals surface area contributed by atoms with Crippen LogP contribution in [-0.2, 0) is 42.2 Å². The Hall–Kier alpha value is -3.06. The van der Waals surface area contributed by atoms with Crippen LogP contribution in [0.15, 0.2) is 65.6 Å². The van der Waals surface area contributed by atoms with Crippen LogP contribution in [0.3, 0.4) is 0 Å². The predicted octanol–water partition coefficient (Wildman–Crippen LogP) is 4.14. The molecule has 6 rings (SSSR count). The Morgan fingerprint density at radius 1 is 1.02 bits per heavy atom. The number of nitrogens with zero attached hydrogens (tertiary/aromatic N) is 2. The minimum atomic E-state index is -4.15. The average molecular weight is 665 g/mol. The molecule has 2 atom stereocenters. The molecule has 2 aliphatic heterocycles. The van der Waals surface area contributed by atoms with Gasteiger partial charge in [-0.3, -0.25) is 9.69 Å². The van der Waals surface area contributed by atoms with Gasteiger partial charge in [0.1, 0.15) is 28.7 Å². The van der Waals surface area contributed by atoms with Crippen molar-refractivity contribution in [2.45, 2.75) is 41.6 Å². The van der Waals surface area contributed by atoms with Crippen molar-refractivity contribution in [2.24, 2.45) is 0 Å². The number of hydrogen-bond donors (Lipinski definition) is 0. The molecule has 1 amide bonds. The van der Waals surface area contributed by atoms with E-state index in [-0.39, 0.29) is 72.1 Å². The Bertz CT molecular complexity index is 1790. The van der Waals surface area contributed by atoms with Crippen LogP contribution < -0.4 is 4.74 Å². The maximum atomic E-state index is 14.5. The van der Waals surface area contributed by atoms with Crippen LogP contribution in [0.1, 0.15) is 29.5 Å². The fourth-order valence-corrected chi connectivity index (χ4v) is 10.6. The number of sulfone groups is 2. The SMILES string of the molecule is O=C(CN1CCS(=O)(=O)CC1)N1CC[C@@]2(S(=O)(=O)c3ccc(F)cc3)c3ccc(OCc4c(F)cccc4Cl)cc3CC[C@@H]12. The maximum absolute atomic E-state index is 14.5. The summed E-state index contributed by atoms with van der Waals surface area (Å²) in [5, 5.41) is 0.233. The van der Waals surface area contributed by atoms with Gasteiger partial charge in [-0.15, -0.1) is 0 Å². The summed E-state index contributed by atoms with van der Waals surface area (Å²) in [4.78, 5) is 17.0. The van der Waals surface area contributed by atoms with Crippen molar-refractivity contribution in [3.8, 4) is 5.75 Å². The Morgan fingerprint density at radius 2 is 1.75 bits per heavy atom. The molecule has 0 unspecified atom stereocenters. The van der Waals surface area contributed by atoms with E-state index >= 15 is 0 Å². The van der Waals surface area contributed by atoms with E-state index < -0.39 is 42.1 Å². The molecule has 0 bridgehead atoms. The van der Waals surface area contributed by atoms with Gasteiger partial charge in [0.15, 0.2) is 19.7 Å². The quantitative estimate of drug-likeness (QED) is 0.350. The molecule has 44 heavy (non-hydrogen) atoms. The molecule has 0 aromatic heterocycles. The number of fused-ring (bicyclic) bond motifs is 3. The number of ether oxygens (including phenoxy) is 1. The molecule has 2 saturated heterocycles. The van der Waals surface area contributed by atoms with Gasteiger partial charge >= 0.3 is 0 Å². The zero-order valence-electron chi connectivity index (χ0n) is 23.7. The molecule has 0 N–H and O–H groups in total. The van der Waals surface area contributed by atoms with Crippen molar-refractivity contribution in [3.63, 3.8) is 0 Å². The molecular weight excluding hydrogens is 634 g/mol. The van der Waals surface area contributed by atoms with Gasteiger partial charge in [-0.25, -0.2) is 25.6 Å². The molecule has 2 fully saturated rings. The lowest BCUT2D eigenvalue weighted by molar-refractivity contribution is -0.133. The minimum Gasteiger partial charge on any atom is -0.489 e. The lowest BCUT2D eigenvalue weighted by Crippen LogP contribution is -2.54. The summed E-state index contributed by atoms with van der Waals surface area (Å²) >= 11 is 6.15. The van der Waals surface area contributed by atoms with E-state index in [1.54, 1.807) is 34.1 Å². The summed E-state index contributed by atoms with van der Waals surface area (Å²) in [5.74, 6) is -0.936. The Morgan fingerprint density at radius 3 is 2.45 bits per heavy atom. The van der Waals surface area contributed by atoms with E-state index in [0.717, 1.165) is 17.7 Å². The van der Waals surface area contributed by atoms with Gasteiger partial charge in [0.25, 0.3) is 0 Å². The van der Waals surface area contributed by atoms with Crippen molar-refractivity contribution in [2.75, 3.05) is 37.7 Å². The van der Waals surface area contributed by atoms with E-state index in [0.29, 0.717) is 24.2 Å². The topological polar surface area (TPSA) is 101 Å². The fraction of sp³-hybridized carbons (Fsp3) is 0.387. The third-order valence-electron chi connectivity index (χ3n) is 9.02. The fourth-order valence-electron chi connectivity index (χ4n) is 6.73. The molecule has 1 aliphatic carbocycles. The van der Waals surface area contributed by atoms with E-state index in [4.69, 9.17) is 16.3 Å². The second-order valence-corrected chi connectivity index (χ2v) is 16.4. The zero-order chi connectivity index (χ0) is 31.3. The number of amides is 1. The van der Waals surface area contributed by atoms with E-state index in [1.165, 1.54) is 24.3 Å². The Balaban J connectivity index is 1.34. The summed E-state index contributed by atoms with van der Waals surface area (Å²) in [6.07, 6.45) is 0.954. The van der Waals surface area contributed by atoms with E-state index in [1.807, 2.05) is 0 Å². The molecule has 0 saturated carbocycles. The molecule has 13 heteroatoms. The van der Waals surface area contributed by atoms with Gasteiger partial charge in [0.2, 0.25) is 5.91 Å². The molecule has 2 heterocycles. The molecule has 234 valence electrons. The van der Waals surface area contributed by atoms with Crippen molar-refractivity contribution in [1.82, 2.24) is 9.80 Å². The van der Waals surface area contributed by atoms with Crippen LogP contribution >= 0.6 is 11.6 Å². The normalized spacial score (nSPS) is 23.2. The van der Waals surface area contributed by atoms with Crippen molar-refractivity contribution < 1.29 is 35.1 Å². The smallest absolute Gasteiger partial charge is 0.237 e. The lowest BCUT2D eigenvalue weighted by atomic mass is 9.78. The molecule has 0 spiro atoms. The highest BCUT2D eigenvalue weighted by atomic mass is 35.5. The highest BCUT2D eigenvalue weighted by molar-refractivity contribution is 7.92. The Kier molecular flexibility index (Phi) is 8.23. The maximum Gasteiger partial charge on any atom is 0.237 e. The van der Waals surface area contributed by atoms with Crippen molar-refractivity contribution in [3.05, 3.63) is 94.0 Å². The van der Waals surface area contributed by atoms with Crippen molar-refractivity contribution >= 4 is 37.2 Å². The van der Waals surface area contributed by atoms with Gasteiger partial charge in [-0.05, 0) is 78.9 Å². The molecule has 3 aromatic carbocycles. The largest absolute Gasteiger partial charge is 0.489 e. The molecule has 8 nitrogen and oxygen atoms in total. The summed E-state index contributed by atoms with van der Waals surface area (Å²) in [7, 11) is -7.27. The number of rotatable bonds is 7. The number of halogens is 3. The van der Waals surface area contributed by atoms with Crippen molar-refractivity contribution in [1.29, 1.82) is 0 Å². The Labute approximate surface area is 260 Å². The monoisotopic (exact) mass is 664 g/mol. The van der Waals surface area contributed by atoms with Gasteiger partial charge < -0.3 is 9.64 Å². The molecule has 0 radical (unpaired) electrons. The molecule has 3 aromatic rings. The van der Waals surface area contributed by atoms with Crippen LogP contribution in [0.2, 0.25) is 5.02 Å². The van der Waals surface area contributed by atoms with Gasteiger partial charge in [-0.1, -0.05) is 23.7 Å². The molecule has 3 aliphatic rings. The number of benzene rings is 3. The first-order chi connectivity index (χ1) is 20.9. The summed E-state index contributed by atoms with van der Waals surface area (Å²) in [6, 6.07) is 13.5. The van der Waals surface area contributed by atoms with Crippen LogP contribution in [0.5, 0.6) is 5.75 Å². The number of aryl methyl sites for hydroxylation is 1. The van der Waals surface area contributed by atoms with Crippen LogP contribution in [0.25, 0.3) is 0 Å². The minimum absolute atomic E-state index is 0.00304. The van der Waals surface area contributed by atoms with Crippen LogP contribution in [0.4, 0.5) is 8.78 Å². The third kappa shape index (κ3) is 5.50. The highest BCUT2D eigenvalue weighted by Gasteiger charge is 2.60. The zero-order valence-corrected chi connectivity index (χ0v) is 26.1. The number of carbonyl (C=O) groups is 1. The van der Waals surface area contributed by atoms with E-state index in [2.05, 4.69) is 0 Å². The first kappa shape index (κ1) is 30.9. The number of hydrogen-bond acceptors (Lipinski definition) is 7. The average Bonchev–Trinajstić information content (AvgIpc) is 3.40. The second-order valence-electron chi connectivity index (χ2n) is 11.5. The first-order valence-corrected chi connectivity index (χ1v) is 18.0. The summed E-state index contributed by atoms with van der Waals surface area (Å²) in [5.41, 5.74) is 1.49. The third-order valence-corrected chi connectivity index (χ3v) is 13.5. The predicted molar refractivity (Wildman–Crippen MR) is 161 cm³/mol. The van der Waals surface area contributed by atoms with Crippen LogP contribution in [0, 0.1) is 11.6 Å². The van der Waals surface area contributed by atoms with Gasteiger partial charge in [0, 0.05) is 25.2 Å². The summed E-state index contributed by atoms with van der Waals surface area (Å²) in [6.45, 7) is 0.563. The molecular formula is C31H31ClF2N2O6S2. The lowest BCUT2D eigenvalue weighted by Gasteiger charge is -2.43. The van der Waals surface area contributed by atoms with Crippen LogP contribution in [-0.4, -0.2) is 76.3 Å². The first-order valence-electron chi connectivity index (χ1n) is 14.3.